The molecule has 1 aromatic rings. The lowest BCUT2D eigenvalue weighted by molar-refractivity contribution is 0.0600. The molecule has 1 heterocycles. The fourth-order valence-corrected chi connectivity index (χ4v) is 3.32. The van der Waals surface area contributed by atoms with Crippen molar-refractivity contribution in [3.05, 3.63) is 29.8 Å². The van der Waals surface area contributed by atoms with Gasteiger partial charge in [-0.25, -0.2) is 9.59 Å². The number of ether oxygens (including phenoxy) is 1. The predicted molar refractivity (Wildman–Crippen MR) is 90.5 cm³/mol. The Labute approximate surface area is 142 Å². The normalized spacial score (nSPS) is 18.3. The molecule has 3 rings (SSSR count). The van der Waals surface area contributed by atoms with Crippen molar-refractivity contribution in [2.45, 2.75) is 31.7 Å². The van der Waals surface area contributed by atoms with Gasteiger partial charge in [-0.3, -0.25) is 0 Å². The molecule has 0 unspecified atom stereocenters. The highest BCUT2D eigenvalue weighted by Gasteiger charge is 2.31. The number of amides is 1. The van der Waals surface area contributed by atoms with E-state index < -0.39 is 6.09 Å². The van der Waals surface area contributed by atoms with Crippen LogP contribution in [0.5, 0.6) is 0 Å². The summed E-state index contributed by atoms with van der Waals surface area (Å²) in [6.45, 7) is 2.18. The SMILES string of the molecule is COC(=O)c1ccc(N(CC2CC2)C2CCN(C(=O)O)CC2)cc1. The van der Waals surface area contributed by atoms with E-state index in [0.717, 1.165) is 31.0 Å². The summed E-state index contributed by atoms with van der Waals surface area (Å²) in [5, 5.41) is 9.11. The van der Waals surface area contributed by atoms with Crippen LogP contribution in [0.1, 0.15) is 36.0 Å². The zero-order valence-corrected chi connectivity index (χ0v) is 14.0. The number of esters is 1. The van der Waals surface area contributed by atoms with Gasteiger partial charge in [0.05, 0.1) is 12.7 Å². The van der Waals surface area contributed by atoms with E-state index in [0.29, 0.717) is 24.7 Å². The molecule has 130 valence electrons. The monoisotopic (exact) mass is 332 g/mol. The van der Waals surface area contributed by atoms with Crippen molar-refractivity contribution < 1.29 is 19.4 Å². The standard InChI is InChI=1S/C18H24N2O4/c1-24-17(21)14-4-6-15(7-5-14)20(12-13-2-3-13)16-8-10-19(11-9-16)18(22)23/h4-7,13,16H,2-3,8-12H2,1H3,(H,22,23). The Bertz CT molecular complexity index is 590. The smallest absolute Gasteiger partial charge is 0.407 e. The first kappa shape index (κ1) is 16.6. The molecular weight excluding hydrogens is 308 g/mol. The summed E-state index contributed by atoms with van der Waals surface area (Å²) in [5.74, 6) is 0.410. The number of likely N-dealkylation sites (tertiary alicyclic amines) is 1. The van der Waals surface area contributed by atoms with Crippen LogP contribution >= 0.6 is 0 Å². The highest BCUT2D eigenvalue weighted by atomic mass is 16.5. The van der Waals surface area contributed by atoms with Crippen LogP contribution in [0.2, 0.25) is 0 Å². The van der Waals surface area contributed by atoms with Crippen molar-refractivity contribution in [3.8, 4) is 0 Å². The van der Waals surface area contributed by atoms with Crippen LogP contribution in [0.15, 0.2) is 24.3 Å². The number of methoxy groups -OCH3 is 1. The van der Waals surface area contributed by atoms with Gasteiger partial charge in [-0.15, -0.1) is 0 Å². The van der Waals surface area contributed by atoms with Crippen molar-refractivity contribution >= 4 is 17.7 Å². The molecule has 6 heteroatoms. The number of carbonyl (C=O) groups excluding carboxylic acids is 1. The lowest BCUT2D eigenvalue weighted by Crippen LogP contribution is -2.47. The molecule has 0 aromatic heterocycles. The van der Waals surface area contributed by atoms with Crippen LogP contribution in [-0.2, 0) is 4.74 Å². The van der Waals surface area contributed by atoms with Gasteiger partial charge < -0.3 is 19.6 Å². The number of piperidine rings is 1. The van der Waals surface area contributed by atoms with E-state index in [-0.39, 0.29) is 5.97 Å². The van der Waals surface area contributed by atoms with E-state index in [2.05, 4.69) is 4.90 Å². The highest BCUT2D eigenvalue weighted by Crippen LogP contribution is 2.34. The Hall–Kier alpha value is -2.24. The maximum atomic E-state index is 11.6. The van der Waals surface area contributed by atoms with Gasteiger partial charge in [0.15, 0.2) is 0 Å². The number of carbonyl (C=O) groups is 2. The van der Waals surface area contributed by atoms with E-state index in [4.69, 9.17) is 9.84 Å². The van der Waals surface area contributed by atoms with Crippen molar-refractivity contribution in [3.63, 3.8) is 0 Å². The number of carboxylic acid groups (broad SMARTS) is 1. The van der Waals surface area contributed by atoms with Crippen LogP contribution in [0.3, 0.4) is 0 Å². The Morgan fingerprint density at radius 1 is 1.17 bits per heavy atom. The second kappa shape index (κ2) is 7.11. The first-order valence-electron chi connectivity index (χ1n) is 8.51. The van der Waals surface area contributed by atoms with Gasteiger partial charge in [-0.1, -0.05) is 0 Å². The molecule has 1 aliphatic carbocycles. The summed E-state index contributed by atoms with van der Waals surface area (Å²) in [7, 11) is 1.38. The Balaban J connectivity index is 1.72. The van der Waals surface area contributed by atoms with Crippen LogP contribution in [0.4, 0.5) is 10.5 Å². The predicted octanol–water partition coefficient (Wildman–Crippen LogP) is 2.83. The minimum Gasteiger partial charge on any atom is -0.465 e. The Kier molecular flexibility index (Phi) is 4.92. The maximum absolute atomic E-state index is 11.6. The molecule has 1 N–H and O–H groups in total. The van der Waals surface area contributed by atoms with Crippen molar-refractivity contribution in [1.82, 2.24) is 4.90 Å². The molecule has 2 fully saturated rings. The van der Waals surface area contributed by atoms with E-state index in [1.54, 1.807) is 12.1 Å². The largest absolute Gasteiger partial charge is 0.465 e. The zero-order valence-electron chi connectivity index (χ0n) is 14.0. The fourth-order valence-electron chi connectivity index (χ4n) is 3.32. The van der Waals surface area contributed by atoms with Crippen molar-refractivity contribution in [1.29, 1.82) is 0 Å². The lowest BCUT2D eigenvalue weighted by Gasteiger charge is -2.39. The molecule has 1 saturated carbocycles. The van der Waals surface area contributed by atoms with Crippen LogP contribution in [0.25, 0.3) is 0 Å². The van der Waals surface area contributed by atoms with Gasteiger partial charge >= 0.3 is 12.1 Å². The molecule has 6 nitrogen and oxygen atoms in total. The Morgan fingerprint density at radius 3 is 2.29 bits per heavy atom. The van der Waals surface area contributed by atoms with Gasteiger partial charge in [-0.05, 0) is 55.9 Å². The molecule has 24 heavy (non-hydrogen) atoms. The van der Waals surface area contributed by atoms with Gasteiger partial charge in [-0.2, -0.15) is 0 Å². The molecule has 1 aliphatic heterocycles. The molecule has 1 aromatic carbocycles. The highest BCUT2D eigenvalue weighted by molar-refractivity contribution is 5.89. The third-order valence-electron chi connectivity index (χ3n) is 4.95. The maximum Gasteiger partial charge on any atom is 0.407 e. The van der Waals surface area contributed by atoms with Gasteiger partial charge in [0, 0.05) is 31.4 Å². The molecule has 1 amide bonds. The first-order chi connectivity index (χ1) is 11.6. The average molecular weight is 332 g/mol. The number of rotatable bonds is 5. The first-order valence-corrected chi connectivity index (χ1v) is 8.51. The second-order valence-corrected chi connectivity index (χ2v) is 6.63. The zero-order chi connectivity index (χ0) is 17.1. The third kappa shape index (κ3) is 3.80. The van der Waals surface area contributed by atoms with Gasteiger partial charge in [0.1, 0.15) is 0 Å². The van der Waals surface area contributed by atoms with E-state index >= 15 is 0 Å². The quantitative estimate of drug-likeness (QED) is 0.840. The summed E-state index contributed by atoms with van der Waals surface area (Å²) < 4.78 is 4.75. The molecule has 0 spiro atoms. The summed E-state index contributed by atoms with van der Waals surface area (Å²) in [6.07, 6.45) is 3.40. The van der Waals surface area contributed by atoms with Crippen molar-refractivity contribution in [2.24, 2.45) is 5.92 Å². The number of hydrogen-bond donors (Lipinski definition) is 1. The number of anilines is 1. The average Bonchev–Trinajstić information content (AvgIpc) is 3.43. The van der Waals surface area contributed by atoms with Crippen LogP contribution < -0.4 is 4.90 Å². The van der Waals surface area contributed by atoms with E-state index in [1.807, 2.05) is 12.1 Å². The molecule has 0 radical (unpaired) electrons. The Morgan fingerprint density at radius 2 is 1.79 bits per heavy atom. The minimum atomic E-state index is -0.829. The fraction of sp³-hybridized carbons (Fsp3) is 0.556. The minimum absolute atomic E-state index is 0.329. The molecular formula is C18H24N2O4. The summed E-state index contributed by atoms with van der Waals surface area (Å²) >= 11 is 0. The van der Waals surface area contributed by atoms with Crippen LogP contribution in [0, 0.1) is 5.92 Å². The number of hydrogen-bond acceptors (Lipinski definition) is 4. The number of benzene rings is 1. The number of nitrogens with zero attached hydrogens (tertiary/aromatic N) is 2. The lowest BCUT2D eigenvalue weighted by atomic mass is 10.0. The summed E-state index contributed by atoms with van der Waals surface area (Å²) in [4.78, 5) is 26.6. The molecule has 1 saturated heterocycles. The van der Waals surface area contributed by atoms with Gasteiger partial charge in [0.2, 0.25) is 0 Å². The van der Waals surface area contributed by atoms with Crippen LogP contribution in [-0.4, -0.2) is 54.9 Å². The molecule has 0 bridgehead atoms. The van der Waals surface area contributed by atoms with Crippen molar-refractivity contribution in [2.75, 3.05) is 31.6 Å². The van der Waals surface area contributed by atoms with E-state index in [1.165, 1.54) is 24.9 Å². The summed E-state index contributed by atoms with van der Waals surface area (Å²) in [6, 6.07) is 7.89. The third-order valence-corrected chi connectivity index (χ3v) is 4.95. The topological polar surface area (TPSA) is 70.1 Å². The van der Waals surface area contributed by atoms with Gasteiger partial charge in [0.25, 0.3) is 0 Å². The molecule has 2 aliphatic rings. The van der Waals surface area contributed by atoms with E-state index in [9.17, 15) is 9.59 Å². The molecule has 0 atom stereocenters. The summed E-state index contributed by atoms with van der Waals surface area (Å²) in [5.41, 5.74) is 1.65. The second-order valence-electron chi connectivity index (χ2n) is 6.63.